The van der Waals surface area contributed by atoms with Gasteiger partial charge < -0.3 is 33.7 Å². The summed E-state index contributed by atoms with van der Waals surface area (Å²) < 4.78 is 36.7. The first-order valence-electron chi connectivity index (χ1n) is 21.6. The molecule has 4 atom stereocenters. The third-order valence-electron chi connectivity index (χ3n) is 13.5. The van der Waals surface area contributed by atoms with E-state index in [4.69, 9.17) is 45.0 Å². The molecule has 8 rings (SSSR count). The minimum atomic E-state index is -0.863. The molecule has 9 nitrogen and oxygen atoms in total. The van der Waals surface area contributed by atoms with Gasteiger partial charge in [-0.25, -0.2) is 4.79 Å². The fraction of sp³-hybridized carbons (Fsp3) is 0.510. The van der Waals surface area contributed by atoms with Gasteiger partial charge in [-0.1, -0.05) is 43.6 Å². The number of esters is 1. The Labute approximate surface area is 354 Å². The quantitative estimate of drug-likeness (QED) is 0.0985. The maximum absolute atomic E-state index is 13.7. The number of pyridine rings is 1. The summed E-state index contributed by atoms with van der Waals surface area (Å²) in [5, 5.41) is 4.21. The van der Waals surface area contributed by atoms with Gasteiger partial charge in [-0.05, 0) is 146 Å². The monoisotopic (exact) mass is 822 g/mol. The molecule has 1 spiro atoms. The van der Waals surface area contributed by atoms with Gasteiger partial charge in [0.05, 0.1) is 40.6 Å². The van der Waals surface area contributed by atoms with E-state index in [9.17, 15) is 4.79 Å². The zero-order valence-corrected chi connectivity index (χ0v) is 35.8. The standard InChI is InChI=1S/C49H59ClN2O7/c1-32(30-58-43-15-22-51-42-10-5-7-33(2)46(42)43)25-36-26-35-27-45-44(57-24-17-40(59-45)16-23-56-31-34-11-13-39(54-3)14-12-34)29-41(35)48(36)18-20-49(21-19-48,47(53)55-4)52-38-9-6-8-37(50)28-38/h6,8-9,11-15,22,27-29,32-33,36,40,52H,5,7,10,16-21,23-26,30-31H2,1-4H3/t32-,33-,36+,40?,48?,49?/m1/s1. The average molecular weight is 823 g/mol. The van der Waals surface area contributed by atoms with Gasteiger partial charge >= 0.3 is 5.97 Å². The minimum Gasteiger partial charge on any atom is -0.497 e. The average Bonchev–Trinajstić information content (AvgIpc) is 3.37. The van der Waals surface area contributed by atoms with E-state index in [1.807, 2.05) is 60.8 Å². The van der Waals surface area contributed by atoms with Crippen LogP contribution in [0.2, 0.25) is 5.02 Å². The zero-order chi connectivity index (χ0) is 41.0. The first-order valence-corrected chi connectivity index (χ1v) is 22.0. The summed E-state index contributed by atoms with van der Waals surface area (Å²) in [5.74, 6) is 4.31. The van der Waals surface area contributed by atoms with E-state index in [1.54, 1.807) is 7.11 Å². The lowest BCUT2D eigenvalue weighted by molar-refractivity contribution is -0.148. The third kappa shape index (κ3) is 8.88. The number of ether oxygens (including phenoxy) is 6. The van der Waals surface area contributed by atoms with E-state index in [0.29, 0.717) is 62.0 Å². The molecular formula is C49H59ClN2O7. The van der Waals surface area contributed by atoms with Crippen LogP contribution in [0.4, 0.5) is 5.69 Å². The van der Waals surface area contributed by atoms with E-state index in [0.717, 1.165) is 79.2 Å². The first-order chi connectivity index (χ1) is 28.7. The topological polar surface area (TPSA) is 97.4 Å². The summed E-state index contributed by atoms with van der Waals surface area (Å²) >= 11 is 6.39. The van der Waals surface area contributed by atoms with Crippen LogP contribution in [0.5, 0.6) is 23.0 Å². The molecular weight excluding hydrogens is 764 g/mol. The van der Waals surface area contributed by atoms with Crippen LogP contribution in [0, 0.1) is 11.8 Å². The van der Waals surface area contributed by atoms with Crippen LogP contribution in [0.1, 0.15) is 106 Å². The number of aromatic nitrogens is 1. The van der Waals surface area contributed by atoms with Crippen LogP contribution >= 0.6 is 11.6 Å². The molecule has 1 unspecified atom stereocenters. The summed E-state index contributed by atoms with van der Waals surface area (Å²) in [6.07, 6.45) is 11.6. The van der Waals surface area contributed by atoms with Crippen molar-refractivity contribution in [1.82, 2.24) is 4.98 Å². The highest BCUT2D eigenvalue weighted by molar-refractivity contribution is 6.30. The van der Waals surface area contributed by atoms with Crippen molar-refractivity contribution < 1.29 is 33.2 Å². The van der Waals surface area contributed by atoms with Crippen molar-refractivity contribution in [3.8, 4) is 23.0 Å². The van der Waals surface area contributed by atoms with E-state index in [2.05, 4.69) is 31.3 Å². The molecule has 0 bridgehead atoms. The van der Waals surface area contributed by atoms with Crippen LogP contribution in [0.3, 0.4) is 0 Å². The first kappa shape index (κ1) is 41.3. The highest BCUT2D eigenvalue weighted by Crippen LogP contribution is 2.58. The summed E-state index contributed by atoms with van der Waals surface area (Å²) in [6, 6.07) is 22.1. The Morgan fingerprint density at radius 1 is 1.02 bits per heavy atom. The molecule has 1 aromatic heterocycles. The molecule has 1 N–H and O–H groups in total. The van der Waals surface area contributed by atoms with Gasteiger partial charge in [0.25, 0.3) is 0 Å². The maximum Gasteiger partial charge on any atom is 0.331 e. The van der Waals surface area contributed by atoms with Crippen molar-refractivity contribution in [1.29, 1.82) is 0 Å². The Hall–Kier alpha value is -4.47. The number of fused-ring (bicyclic) bond motifs is 4. The van der Waals surface area contributed by atoms with Crippen LogP contribution in [0.15, 0.2) is 72.9 Å². The largest absolute Gasteiger partial charge is 0.497 e. The number of anilines is 1. The second-order valence-electron chi connectivity index (χ2n) is 17.4. The van der Waals surface area contributed by atoms with Gasteiger partial charge in [0.15, 0.2) is 11.5 Å². The van der Waals surface area contributed by atoms with E-state index in [1.165, 1.54) is 42.3 Å². The molecule has 0 radical (unpaired) electrons. The van der Waals surface area contributed by atoms with Crippen molar-refractivity contribution in [3.05, 3.63) is 106 Å². The van der Waals surface area contributed by atoms with E-state index >= 15 is 0 Å². The minimum absolute atomic E-state index is 0.0110. The highest BCUT2D eigenvalue weighted by Gasteiger charge is 2.55. The number of carbonyl (C=O) groups excluding carboxylic acids is 1. The molecule has 0 amide bonds. The van der Waals surface area contributed by atoms with E-state index in [-0.39, 0.29) is 17.5 Å². The molecule has 314 valence electrons. The van der Waals surface area contributed by atoms with Crippen molar-refractivity contribution in [3.63, 3.8) is 0 Å². The number of rotatable bonds is 14. The summed E-state index contributed by atoms with van der Waals surface area (Å²) in [6.45, 7) is 6.96. The number of hydrogen-bond acceptors (Lipinski definition) is 9. The van der Waals surface area contributed by atoms with Gasteiger partial charge in [0.1, 0.15) is 23.1 Å². The molecule has 4 aliphatic rings. The van der Waals surface area contributed by atoms with E-state index < -0.39 is 5.54 Å². The molecule has 0 saturated heterocycles. The zero-order valence-electron chi connectivity index (χ0n) is 35.0. The van der Waals surface area contributed by atoms with Crippen LogP contribution in [0.25, 0.3) is 0 Å². The number of nitrogens with one attached hydrogen (secondary N) is 1. The number of aryl methyl sites for hydroxylation is 1. The molecule has 10 heteroatoms. The number of carbonyl (C=O) groups is 1. The van der Waals surface area contributed by atoms with Crippen molar-refractivity contribution in [2.24, 2.45) is 11.8 Å². The van der Waals surface area contributed by atoms with Crippen LogP contribution < -0.4 is 24.3 Å². The van der Waals surface area contributed by atoms with Gasteiger partial charge in [-0.2, -0.15) is 0 Å². The van der Waals surface area contributed by atoms with Gasteiger partial charge in [-0.15, -0.1) is 0 Å². The summed E-state index contributed by atoms with van der Waals surface area (Å²) in [4.78, 5) is 18.4. The molecule has 2 heterocycles. The Morgan fingerprint density at radius 3 is 2.63 bits per heavy atom. The highest BCUT2D eigenvalue weighted by atomic mass is 35.5. The maximum atomic E-state index is 13.7. The second kappa shape index (κ2) is 18.0. The lowest BCUT2D eigenvalue weighted by Gasteiger charge is -2.47. The Kier molecular flexibility index (Phi) is 12.6. The lowest BCUT2D eigenvalue weighted by atomic mass is 9.59. The molecule has 59 heavy (non-hydrogen) atoms. The summed E-state index contributed by atoms with van der Waals surface area (Å²) in [7, 11) is 3.16. The van der Waals surface area contributed by atoms with Crippen LogP contribution in [-0.4, -0.2) is 56.6 Å². The number of methoxy groups -OCH3 is 2. The molecule has 4 aromatic rings. The lowest BCUT2D eigenvalue weighted by Crippen LogP contribution is -2.53. The number of nitrogens with zero attached hydrogens (tertiary/aromatic N) is 1. The molecule has 1 fully saturated rings. The van der Waals surface area contributed by atoms with Gasteiger partial charge in [0.2, 0.25) is 0 Å². The van der Waals surface area contributed by atoms with Crippen LogP contribution in [-0.2, 0) is 39.1 Å². The second-order valence-corrected chi connectivity index (χ2v) is 17.8. The number of hydrogen-bond donors (Lipinski definition) is 1. The number of benzene rings is 3. The number of halogens is 1. The smallest absolute Gasteiger partial charge is 0.331 e. The van der Waals surface area contributed by atoms with Gasteiger partial charge in [-0.3, -0.25) is 4.98 Å². The molecule has 3 aromatic carbocycles. The van der Waals surface area contributed by atoms with Crippen molar-refractivity contribution in [2.45, 2.75) is 114 Å². The van der Waals surface area contributed by atoms with Crippen molar-refractivity contribution in [2.75, 3.05) is 39.4 Å². The Morgan fingerprint density at radius 2 is 1.85 bits per heavy atom. The third-order valence-corrected chi connectivity index (χ3v) is 13.8. The predicted molar refractivity (Wildman–Crippen MR) is 230 cm³/mol. The van der Waals surface area contributed by atoms with Crippen molar-refractivity contribution >= 4 is 23.3 Å². The Bertz CT molecular complexity index is 2080. The fourth-order valence-electron chi connectivity index (χ4n) is 10.4. The fourth-order valence-corrected chi connectivity index (χ4v) is 10.6. The predicted octanol–water partition coefficient (Wildman–Crippen LogP) is 10.4. The Balaban J connectivity index is 1.01. The molecule has 3 aliphatic carbocycles. The SMILES string of the molecule is COC(=O)C1(Nc2cccc(Cl)c2)CCC2(CC1)c1cc3c(cc1C[C@@H]2C[C@@H](C)COc1ccnc2c1[C@H](C)CCC2)OC(CCOCc1ccc(OC)cc1)CCO3. The molecule has 1 saturated carbocycles. The van der Waals surface area contributed by atoms with Gasteiger partial charge in [0, 0.05) is 41.0 Å². The normalized spacial score (nSPS) is 25.0. The molecule has 1 aliphatic heterocycles. The summed E-state index contributed by atoms with van der Waals surface area (Å²) in [5.41, 5.74) is 6.03.